The number of methoxy groups -OCH3 is 1. The molecule has 1 atom stereocenters. The summed E-state index contributed by atoms with van der Waals surface area (Å²) in [7, 11) is 1.64. The molecule has 6 heteroatoms. The van der Waals surface area contributed by atoms with Gasteiger partial charge in [0.15, 0.2) is 5.82 Å². The Morgan fingerprint density at radius 2 is 1.83 bits per heavy atom. The first-order valence-electron chi connectivity index (χ1n) is 10.4. The van der Waals surface area contributed by atoms with E-state index in [1.165, 1.54) is 5.56 Å². The number of fused-ring (bicyclic) bond motifs is 1. The average Bonchev–Trinajstić information content (AvgIpc) is 3.02. The third-order valence-electron chi connectivity index (χ3n) is 5.59. The molecular formula is C24H26N4O2. The van der Waals surface area contributed by atoms with Gasteiger partial charge in [0, 0.05) is 36.0 Å². The van der Waals surface area contributed by atoms with Gasteiger partial charge in [0.05, 0.1) is 12.8 Å². The standard InChI is InChI=1S/C24H26N4O2/c1-30-24-20-9-7-19(23(29)26-16-13-17-11-14-25-15-12-17)8-10-21(20)27-22(28-24)18-5-3-2-4-6-18/h2-6,11-12,14-15,19H,7-10,13,16H2,1H3,(H,26,29). The Bertz CT molecular complexity index is 993. The molecule has 2 aromatic heterocycles. The SMILES string of the molecule is COc1nc(-c2ccccc2)nc2c1CCC(C(=O)NCCc1ccncc1)CC2. The second-order valence-electron chi connectivity index (χ2n) is 7.52. The van der Waals surface area contributed by atoms with Gasteiger partial charge in [-0.25, -0.2) is 4.98 Å². The minimum absolute atomic E-state index is 0.0264. The molecule has 1 N–H and O–H groups in total. The van der Waals surface area contributed by atoms with E-state index in [2.05, 4.69) is 15.3 Å². The Hall–Kier alpha value is -3.28. The lowest BCUT2D eigenvalue weighted by molar-refractivity contribution is -0.125. The minimum atomic E-state index is -0.0264. The van der Waals surface area contributed by atoms with Crippen molar-refractivity contribution in [2.75, 3.05) is 13.7 Å². The number of nitrogens with one attached hydrogen (secondary N) is 1. The fourth-order valence-electron chi connectivity index (χ4n) is 3.91. The van der Waals surface area contributed by atoms with Crippen molar-refractivity contribution < 1.29 is 9.53 Å². The molecule has 4 rings (SSSR count). The van der Waals surface area contributed by atoms with Crippen LogP contribution in [-0.4, -0.2) is 34.5 Å². The topological polar surface area (TPSA) is 77.0 Å². The highest BCUT2D eigenvalue weighted by atomic mass is 16.5. The zero-order valence-corrected chi connectivity index (χ0v) is 17.2. The summed E-state index contributed by atoms with van der Waals surface area (Å²) in [4.78, 5) is 26.2. The van der Waals surface area contributed by atoms with Gasteiger partial charge >= 0.3 is 0 Å². The van der Waals surface area contributed by atoms with Crippen LogP contribution in [0.25, 0.3) is 11.4 Å². The molecule has 30 heavy (non-hydrogen) atoms. The second-order valence-corrected chi connectivity index (χ2v) is 7.52. The van der Waals surface area contributed by atoms with Crippen molar-refractivity contribution in [2.24, 2.45) is 5.92 Å². The van der Waals surface area contributed by atoms with Crippen molar-refractivity contribution in [3.05, 3.63) is 71.7 Å². The van der Waals surface area contributed by atoms with Gasteiger partial charge in [-0.3, -0.25) is 9.78 Å². The van der Waals surface area contributed by atoms with Crippen molar-refractivity contribution in [1.82, 2.24) is 20.3 Å². The van der Waals surface area contributed by atoms with Gasteiger partial charge in [-0.05, 0) is 49.8 Å². The Kier molecular flexibility index (Phi) is 6.32. The number of carbonyl (C=O) groups excluding carboxylic acids is 1. The first-order chi connectivity index (χ1) is 14.7. The van der Waals surface area contributed by atoms with Crippen LogP contribution in [0.4, 0.5) is 0 Å². The zero-order valence-electron chi connectivity index (χ0n) is 17.2. The Labute approximate surface area is 176 Å². The number of rotatable bonds is 6. The summed E-state index contributed by atoms with van der Waals surface area (Å²) in [5.41, 5.74) is 4.16. The van der Waals surface area contributed by atoms with Gasteiger partial charge in [0.2, 0.25) is 11.8 Å². The highest BCUT2D eigenvalue weighted by Gasteiger charge is 2.26. The van der Waals surface area contributed by atoms with Crippen LogP contribution >= 0.6 is 0 Å². The fourth-order valence-corrected chi connectivity index (χ4v) is 3.91. The number of carbonyl (C=O) groups is 1. The van der Waals surface area contributed by atoms with E-state index in [-0.39, 0.29) is 11.8 Å². The van der Waals surface area contributed by atoms with Gasteiger partial charge in [0.25, 0.3) is 0 Å². The third kappa shape index (κ3) is 4.64. The molecule has 154 valence electrons. The molecule has 3 aromatic rings. The van der Waals surface area contributed by atoms with Crippen LogP contribution in [0.1, 0.15) is 29.7 Å². The van der Waals surface area contributed by atoms with E-state index >= 15 is 0 Å². The summed E-state index contributed by atoms with van der Waals surface area (Å²) >= 11 is 0. The van der Waals surface area contributed by atoms with E-state index in [1.807, 2.05) is 42.5 Å². The maximum Gasteiger partial charge on any atom is 0.223 e. The van der Waals surface area contributed by atoms with Gasteiger partial charge in [-0.1, -0.05) is 30.3 Å². The van der Waals surface area contributed by atoms with Crippen LogP contribution in [0.15, 0.2) is 54.9 Å². The molecule has 0 aliphatic heterocycles. The lowest BCUT2D eigenvalue weighted by Gasteiger charge is -2.14. The number of benzene rings is 1. The normalized spacial score (nSPS) is 15.7. The summed E-state index contributed by atoms with van der Waals surface area (Å²) in [6.45, 7) is 0.633. The molecule has 0 bridgehead atoms. The average molecular weight is 402 g/mol. The highest BCUT2D eigenvalue weighted by molar-refractivity contribution is 5.78. The molecule has 0 fully saturated rings. The fraction of sp³-hybridized carbons (Fsp3) is 0.333. The Morgan fingerprint density at radius 3 is 2.60 bits per heavy atom. The van der Waals surface area contributed by atoms with Crippen LogP contribution in [-0.2, 0) is 24.1 Å². The molecule has 1 aliphatic rings. The molecular weight excluding hydrogens is 376 g/mol. The van der Waals surface area contributed by atoms with Gasteiger partial charge < -0.3 is 10.1 Å². The van der Waals surface area contributed by atoms with E-state index in [0.717, 1.165) is 48.9 Å². The molecule has 1 aromatic carbocycles. The monoisotopic (exact) mass is 402 g/mol. The summed E-state index contributed by atoms with van der Waals surface area (Å²) in [5.74, 6) is 1.39. The number of aryl methyl sites for hydroxylation is 1. The Balaban J connectivity index is 1.43. The second kappa shape index (κ2) is 9.48. The van der Waals surface area contributed by atoms with Crippen molar-refractivity contribution in [3.63, 3.8) is 0 Å². The van der Waals surface area contributed by atoms with Crippen LogP contribution in [0.2, 0.25) is 0 Å². The predicted octanol–water partition coefficient (Wildman–Crippen LogP) is 3.40. The van der Waals surface area contributed by atoms with Crippen LogP contribution in [0.5, 0.6) is 5.88 Å². The summed E-state index contributed by atoms with van der Waals surface area (Å²) < 4.78 is 5.58. The third-order valence-corrected chi connectivity index (χ3v) is 5.59. The lowest BCUT2D eigenvalue weighted by atomic mass is 9.98. The van der Waals surface area contributed by atoms with Gasteiger partial charge in [-0.2, -0.15) is 4.98 Å². The number of amides is 1. The summed E-state index contributed by atoms with van der Waals surface area (Å²) in [6, 6.07) is 13.9. The molecule has 6 nitrogen and oxygen atoms in total. The molecule has 1 amide bonds. The maximum absolute atomic E-state index is 12.7. The van der Waals surface area contributed by atoms with Crippen LogP contribution < -0.4 is 10.1 Å². The van der Waals surface area contributed by atoms with Gasteiger partial charge in [0.1, 0.15) is 0 Å². The molecule has 0 spiro atoms. The van der Waals surface area contributed by atoms with E-state index in [0.29, 0.717) is 18.2 Å². The molecule has 1 unspecified atom stereocenters. The molecule has 0 saturated carbocycles. The van der Waals surface area contributed by atoms with Crippen molar-refractivity contribution in [3.8, 4) is 17.3 Å². The number of nitrogens with zero attached hydrogens (tertiary/aromatic N) is 3. The molecule has 0 saturated heterocycles. The van der Waals surface area contributed by atoms with E-state index < -0.39 is 0 Å². The van der Waals surface area contributed by atoms with E-state index in [1.54, 1.807) is 19.5 Å². The molecule has 2 heterocycles. The highest BCUT2D eigenvalue weighted by Crippen LogP contribution is 2.31. The van der Waals surface area contributed by atoms with E-state index in [4.69, 9.17) is 9.72 Å². The van der Waals surface area contributed by atoms with Gasteiger partial charge in [-0.15, -0.1) is 0 Å². The number of hydrogen-bond donors (Lipinski definition) is 1. The summed E-state index contributed by atoms with van der Waals surface area (Å²) in [6.07, 6.45) is 7.41. The Morgan fingerprint density at radius 1 is 1.07 bits per heavy atom. The van der Waals surface area contributed by atoms with Crippen LogP contribution in [0, 0.1) is 5.92 Å². The number of pyridine rings is 1. The predicted molar refractivity (Wildman–Crippen MR) is 115 cm³/mol. The number of ether oxygens (including phenoxy) is 1. The minimum Gasteiger partial charge on any atom is -0.481 e. The number of aromatic nitrogens is 3. The maximum atomic E-state index is 12.7. The largest absolute Gasteiger partial charge is 0.481 e. The molecule has 0 radical (unpaired) electrons. The molecule has 1 aliphatic carbocycles. The van der Waals surface area contributed by atoms with Crippen LogP contribution in [0.3, 0.4) is 0 Å². The first-order valence-corrected chi connectivity index (χ1v) is 10.4. The first kappa shape index (κ1) is 20.0. The summed E-state index contributed by atoms with van der Waals surface area (Å²) in [5, 5.41) is 3.09. The number of hydrogen-bond acceptors (Lipinski definition) is 5. The van der Waals surface area contributed by atoms with E-state index in [9.17, 15) is 4.79 Å². The van der Waals surface area contributed by atoms with Crippen molar-refractivity contribution in [2.45, 2.75) is 32.1 Å². The van der Waals surface area contributed by atoms with Crippen molar-refractivity contribution in [1.29, 1.82) is 0 Å². The van der Waals surface area contributed by atoms with Crippen molar-refractivity contribution >= 4 is 5.91 Å². The quantitative estimate of drug-likeness (QED) is 0.640. The lowest BCUT2D eigenvalue weighted by Crippen LogP contribution is -2.32. The zero-order chi connectivity index (χ0) is 20.8. The smallest absolute Gasteiger partial charge is 0.223 e.